The van der Waals surface area contributed by atoms with Gasteiger partial charge in [0.15, 0.2) is 0 Å². The van der Waals surface area contributed by atoms with Gasteiger partial charge in [0.05, 0.1) is 5.52 Å². The first-order chi connectivity index (χ1) is 14.0. The zero-order valence-electron chi connectivity index (χ0n) is 17.5. The summed E-state index contributed by atoms with van der Waals surface area (Å²) in [6, 6.07) is 11.0. The van der Waals surface area contributed by atoms with Crippen LogP contribution in [0.1, 0.15) is 25.0 Å². The molecule has 0 amide bonds. The average molecular weight is 397 g/mol. The van der Waals surface area contributed by atoms with Gasteiger partial charge in [-0.1, -0.05) is 18.2 Å². The number of rotatable bonds is 5. The van der Waals surface area contributed by atoms with Crippen molar-refractivity contribution < 1.29 is 9.90 Å². The van der Waals surface area contributed by atoms with E-state index in [9.17, 15) is 9.90 Å². The van der Waals surface area contributed by atoms with E-state index in [4.69, 9.17) is 0 Å². The summed E-state index contributed by atoms with van der Waals surface area (Å²) in [7, 11) is 2.18. The molecule has 3 heterocycles. The molecule has 4 rings (SSSR count). The molecule has 1 aromatic carbocycles. The minimum atomic E-state index is -0.690. The van der Waals surface area contributed by atoms with Crippen molar-refractivity contribution >= 4 is 22.6 Å². The van der Waals surface area contributed by atoms with E-state index < -0.39 is 5.97 Å². The van der Waals surface area contributed by atoms with E-state index in [0.717, 1.165) is 63.3 Å². The van der Waals surface area contributed by atoms with E-state index in [1.807, 2.05) is 6.07 Å². The van der Waals surface area contributed by atoms with Crippen molar-refractivity contribution in [3.8, 4) is 0 Å². The first-order valence-corrected chi connectivity index (χ1v) is 10.8. The van der Waals surface area contributed by atoms with Gasteiger partial charge in [0.1, 0.15) is 0 Å². The molecule has 2 fully saturated rings. The number of piperazine rings is 1. The fraction of sp³-hybridized carbons (Fsp3) is 0.565. The molecule has 6 nitrogen and oxygen atoms in total. The molecule has 0 spiro atoms. The molecule has 2 aromatic rings. The molecule has 2 atom stereocenters. The number of piperidine rings is 1. The van der Waals surface area contributed by atoms with Crippen LogP contribution in [0.4, 0.5) is 5.69 Å². The van der Waals surface area contributed by atoms with E-state index >= 15 is 0 Å². The molecule has 1 N–H and O–H groups in total. The van der Waals surface area contributed by atoms with Crippen molar-refractivity contribution in [3.05, 3.63) is 36.0 Å². The summed E-state index contributed by atoms with van der Waals surface area (Å²) in [5.74, 6) is -0.319. The highest BCUT2D eigenvalue weighted by Gasteiger charge is 2.35. The van der Waals surface area contributed by atoms with Crippen LogP contribution in [-0.2, 0) is 4.79 Å². The molecule has 2 aliphatic rings. The third-order valence-corrected chi connectivity index (χ3v) is 6.59. The number of carboxylic acid groups (broad SMARTS) is 1. The van der Waals surface area contributed by atoms with Crippen LogP contribution < -0.4 is 4.90 Å². The lowest BCUT2D eigenvalue weighted by Crippen LogP contribution is -2.56. The monoisotopic (exact) mass is 396 g/mol. The maximum atomic E-state index is 11.3. The van der Waals surface area contributed by atoms with E-state index in [1.165, 1.54) is 11.1 Å². The molecule has 156 valence electrons. The summed E-state index contributed by atoms with van der Waals surface area (Å²) >= 11 is 0. The van der Waals surface area contributed by atoms with E-state index in [1.54, 1.807) is 0 Å². The van der Waals surface area contributed by atoms with Gasteiger partial charge < -0.3 is 14.9 Å². The summed E-state index contributed by atoms with van der Waals surface area (Å²) in [5.41, 5.74) is 3.30. The maximum Gasteiger partial charge on any atom is 0.303 e. The predicted octanol–water partition coefficient (Wildman–Crippen LogP) is 2.85. The first-order valence-electron chi connectivity index (χ1n) is 10.8. The Bertz CT molecular complexity index is 863. The number of carboxylic acids is 1. The number of likely N-dealkylation sites (N-methyl/N-ethyl adjacent to an activating group) is 1. The molecule has 0 aliphatic carbocycles. The molecular formula is C23H32N4O2. The highest BCUT2D eigenvalue weighted by molar-refractivity contribution is 5.92. The number of carbonyl (C=O) groups is 1. The van der Waals surface area contributed by atoms with Gasteiger partial charge in [0, 0.05) is 68.5 Å². The highest BCUT2D eigenvalue weighted by Crippen LogP contribution is 2.33. The average Bonchev–Trinajstić information content (AvgIpc) is 2.72. The summed E-state index contributed by atoms with van der Waals surface area (Å²) in [5, 5.41) is 10.5. The Morgan fingerprint density at radius 1 is 1.17 bits per heavy atom. The first kappa shape index (κ1) is 20.1. The Kier molecular flexibility index (Phi) is 6.01. The largest absolute Gasteiger partial charge is 0.481 e. The van der Waals surface area contributed by atoms with Crippen molar-refractivity contribution in [2.75, 3.05) is 51.2 Å². The molecule has 2 aliphatic heterocycles. The summed E-state index contributed by atoms with van der Waals surface area (Å²) in [6.45, 7) is 8.34. The minimum Gasteiger partial charge on any atom is -0.481 e. The number of aliphatic carboxylic acids is 1. The lowest BCUT2D eigenvalue weighted by molar-refractivity contribution is -0.137. The number of hydrogen-bond donors (Lipinski definition) is 1. The number of para-hydroxylation sites is 1. The van der Waals surface area contributed by atoms with E-state index in [0.29, 0.717) is 12.0 Å². The number of anilines is 1. The van der Waals surface area contributed by atoms with E-state index in [2.05, 4.69) is 57.9 Å². The normalized spacial score (nSPS) is 24.1. The second-order valence-electron chi connectivity index (χ2n) is 8.63. The van der Waals surface area contributed by atoms with Crippen LogP contribution in [0.3, 0.4) is 0 Å². The number of pyridine rings is 1. The zero-order chi connectivity index (χ0) is 20.4. The lowest BCUT2D eigenvalue weighted by Gasteiger charge is -2.47. The van der Waals surface area contributed by atoms with Crippen LogP contribution in [-0.4, -0.2) is 78.2 Å². The third-order valence-electron chi connectivity index (χ3n) is 6.59. The molecule has 0 bridgehead atoms. The molecule has 0 saturated carbocycles. The van der Waals surface area contributed by atoms with Gasteiger partial charge in [-0.15, -0.1) is 0 Å². The van der Waals surface area contributed by atoms with Crippen LogP contribution in [0.25, 0.3) is 10.9 Å². The van der Waals surface area contributed by atoms with Crippen molar-refractivity contribution in [2.45, 2.75) is 32.2 Å². The lowest BCUT2D eigenvalue weighted by atomic mass is 9.86. The molecule has 0 unspecified atom stereocenters. The smallest absolute Gasteiger partial charge is 0.303 e. The van der Waals surface area contributed by atoms with Crippen molar-refractivity contribution in [2.24, 2.45) is 5.92 Å². The highest BCUT2D eigenvalue weighted by atomic mass is 16.4. The third kappa shape index (κ3) is 4.54. The quantitative estimate of drug-likeness (QED) is 0.839. The molecular weight excluding hydrogens is 364 g/mol. The number of hydrogen-bond acceptors (Lipinski definition) is 5. The van der Waals surface area contributed by atoms with Crippen LogP contribution in [0.15, 0.2) is 30.3 Å². The fourth-order valence-electron chi connectivity index (χ4n) is 5.01. The number of aryl methyl sites for hydroxylation is 1. The second kappa shape index (κ2) is 8.67. The number of fused-ring (bicyclic) bond motifs is 1. The van der Waals surface area contributed by atoms with Crippen molar-refractivity contribution in [1.82, 2.24) is 14.8 Å². The topological polar surface area (TPSA) is 59.9 Å². The molecule has 6 heteroatoms. The van der Waals surface area contributed by atoms with Gasteiger partial charge in [0.2, 0.25) is 0 Å². The van der Waals surface area contributed by atoms with Crippen LogP contribution in [0.5, 0.6) is 0 Å². The standard InChI is InChI=1S/C23H32N4O2/c1-17-15-22(19-5-3-4-6-20(19)24-17)27-10-9-21(18(16-27)7-8-23(28)29)26-13-11-25(2)12-14-26/h3-6,15,18,21H,7-14,16H2,1-2H3,(H,28,29)/t18-,21+/m1/s1. The number of aromatic nitrogens is 1. The van der Waals surface area contributed by atoms with E-state index in [-0.39, 0.29) is 6.42 Å². The van der Waals surface area contributed by atoms with Crippen molar-refractivity contribution in [1.29, 1.82) is 0 Å². The van der Waals surface area contributed by atoms with Crippen LogP contribution in [0.2, 0.25) is 0 Å². The van der Waals surface area contributed by atoms with Crippen LogP contribution >= 0.6 is 0 Å². The van der Waals surface area contributed by atoms with Gasteiger partial charge in [-0.2, -0.15) is 0 Å². The van der Waals surface area contributed by atoms with Crippen molar-refractivity contribution in [3.63, 3.8) is 0 Å². The second-order valence-corrected chi connectivity index (χ2v) is 8.63. The molecule has 29 heavy (non-hydrogen) atoms. The van der Waals surface area contributed by atoms with Gasteiger partial charge in [-0.05, 0) is 44.9 Å². The number of benzene rings is 1. The Hall–Kier alpha value is -2.18. The Morgan fingerprint density at radius 3 is 2.69 bits per heavy atom. The zero-order valence-corrected chi connectivity index (χ0v) is 17.5. The van der Waals surface area contributed by atoms with Gasteiger partial charge >= 0.3 is 5.97 Å². The van der Waals surface area contributed by atoms with Gasteiger partial charge in [-0.3, -0.25) is 14.7 Å². The Morgan fingerprint density at radius 2 is 1.93 bits per heavy atom. The fourth-order valence-corrected chi connectivity index (χ4v) is 5.01. The van der Waals surface area contributed by atoms with Gasteiger partial charge in [-0.25, -0.2) is 0 Å². The summed E-state index contributed by atoms with van der Waals surface area (Å²) < 4.78 is 0. The minimum absolute atomic E-state index is 0.249. The Balaban J connectivity index is 1.58. The van der Waals surface area contributed by atoms with Crippen LogP contribution in [0, 0.1) is 12.8 Å². The number of nitrogens with zero attached hydrogens (tertiary/aromatic N) is 4. The maximum absolute atomic E-state index is 11.3. The molecule has 1 aromatic heterocycles. The predicted molar refractivity (Wildman–Crippen MR) is 117 cm³/mol. The SMILES string of the molecule is Cc1cc(N2CC[C@H](N3CCN(C)CC3)[C@H](CCC(=O)O)C2)c2ccccc2n1. The molecule has 0 radical (unpaired) electrons. The summed E-state index contributed by atoms with van der Waals surface area (Å²) in [4.78, 5) is 23.4. The Labute approximate surface area is 173 Å². The van der Waals surface area contributed by atoms with Gasteiger partial charge in [0.25, 0.3) is 0 Å². The molecule has 2 saturated heterocycles. The summed E-state index contributed by atoms with van der Waals surface area (Å²) in [6.07, 6.45) is 2.08.